The Balaban J connectivity index is 2.47. The summed E-state index contributed by atoms with van der Waals surface area (Å²) in [4.78, 5) is 12.9. The monoisotopic (exact) mass is 266 g/mol. The van der Waals surface area contributed by atoms with Gasteiger partial charge in [-0.15, -0.1) is 11.8 Å². The molecule has 0 bridgehead atoms. The van der Waals surface area contributed by atoms with Gasteiger partial charge < -0.3 is 10.6 Å². The van der Waals surface area contributed by atoms with Crippen LogP contribution in [0.4, 0.5) is 5.69 Å². The lowest BCUT2D eigenvalue weighted by molar-refractivity contribution is -0.120. The molecule has 3 nitrogen and oxygen atoms in total. The van der Waals surface area contributed by atoms with E-state index in [2.05, 4.69) is 24.5 Å². The van der Waals surface area contributed by atoms with Gasteiger partial charge in [-0.05, 0) is 31.2 Å². The highest BCUT2D eigenvalue weighted by Crippen LogP contribution is 2.24. The van der Waals surface area contributed by atoms with Crippen LogP contribution in [0.1, 0.15) is 20.8 Å². The lowest BCUT2D eigenvalue weighted by Crippen LogP contribution is -2.39. The van der Waals surface area contributed by atoms with Crippen molar-refractivity contribution in [1.29, 1.82) is 0 Å². The molecule has 1 amide bonds. The minimum absolute atomic E-state index is 0.0344. The van der Waals surface area contributed by atoms with Gasteiger partial charge in [0.2, 0.25) is 5.91 Å². The molecule has 1 atom stereocenters. The maximum Gasteiger partial charge on any atom is 0.239 e. The topological polar surface area (TPSA) is 41.1 Å². The highest BCUT2D eigenvalue weighted by Gasteiger charge is 2.10. The van der Waals surface area contributed by atoms with E-state index in [0.717, 1.165) is 10.6 Å². The minimum Gasteiger partial charge on any atom is -0.375 e. The Hall–Kier alpha value is -1.16. The summed E-state index contributed by atoms with van der Waals surface area (Å²) in [6.07, 6.45) is 2.03. The number of benzene rings is 1. The Kier molecular flexibility index (Phi) is 6.05. The van der Waals surface area contributed by atoms with Crippen molar-refractivity contribution in [3.63, 3.8) is 0 Å². The van der Waals surface area contributed by atoms with Crippen molar-refractivity contribution < 1.29 is 4.79 Å². The van der Waals surface area contributed by atoms with Crippen molar-refractivity contribution in [1.82, 2.24) is 5.32 Å². The van der Waals surface area contributed by atoms with E-state index < -0.39 is 0 Å². The number of carbonyl (C=O) groups is 1. The predicted molar refractivity (Wildman–Crippen MR) is 79.2 cm³/mol. The first-order valence-electron chi connectivity index (χ1n) is 6.21. The summed E-state index contributed by atoms with van der Waals surface area (Å²) >= 11 is 1.67. The third-order valence-electron chi connectivity index (χ3n) is 2.94. The lowest BCUT2D eigenvalue weighted by Gasteiger charge is -2.18. The van der Waals surface area contributed by atoms with E-state index in [1.165, 1.54) is 0 Å². The van der Waals surface area contributed by atoms with Crippen LogP contribution in [0.3, 0.4) is 0 Å². The van der Waals surface area contributed by atoms with Gasteiger partial charge in [0, 0.05) is 16.6 Å². The van der Waals surface area contributed by atoms with E-state index in [4.69, 9.17) is 0 Å². The normalized spacial score (nSPS) is 12.3. The summed E-state index contributed by atoms with van der Waals surface area (Å²) in [6.45, 7) is 6.54. The number of hydrogen-bond donors (Lipinski definition) is 2. The van der Waals surface area contributed by atoms with E-state index in [1.807, 2.05) is 37.4 Å². The second-order valence-electron chi connectivity index (χ2n) is 4.65. The van der Waals surface area contributed by atoms with E-state index in [9.17, 15) is 4.79 Å². The maximum absolute atomic E-state index is 11.8. The first kappa shape index (κ1) is 14.9. The van der Waals surface area contributed by atoms with Crippen LogP contribution in [0.15, 0.2) is 29.2 Å². The number of nitrogens with one attached hydrogen (secondary N) is 2. The molecule has 1 unspecified atom stereocenters. The molecule has 1 aromatic rings. The number of hydrogen-bond acceptors (Lipinski definition) is 3. The molecule has 0 saturated carbocycles. The highest BCUT2D eigenvalue weighted by atomic mass is 32.2. The minimum atomic E-state index is 0.0344. The van der Waals surface area contributed by atoms with E-state index in [1.54, 1.807) is 11.8 Å². The van der Waals surface area contributed by atoms with Crippen molar-refractivity contribution in [2.75, 3.05) is 18.1 Å². The molecule has 18 heavy (non-hydrogen) atoms. The highest BCUT2D eigenvalue weighted by molar-refractivity contribution is 7.98. The molecular weight excluding hydrogens is 244 g/mol. The molecule has 0 spiro atoms. The molecule has 1 aromatic carbocycles. The van der Waals surface area contributed by atoms with Gasteiger partial charge in [0.15, 0.2) is 0 Å². The molecule has 100 valence electrons. The molecule has 0 radical (unpaired) electrons. The summed E-state index contributed by atoms with van der Waals surface area (Å²) in [5.41, 5.74) is 1.01. The second kappa shape index (κ2) is 7.31. The zero-order valence-electron chi connectivity index (χ0n) is 11.5. The lowest BCUT2D eigenvalue weighted by atomic mass is 10.1. The van der Waals surface area contributed by atoms with Crippen molar-refractivity contribution in [2.24, 2.45) is 5.92 Å². The molecule has 0 fully saturated rings. The van der Waals surface area contributed by atoms with Crippen LogP contribution in [0.5, 0.6) is 0 Å². The van der Waals surface area contributed by atoms with Gasteiger partial charge in [0.25, 0.3) is 0 Å². The average Bonchev–Trinajstić information content (AvgIpc) is 2.36. The Morgan fingerprint density at radius 3 is 2.56 bits per heavy atom. The number of rotatable bonds is 6. The van der Waals surface area contributed by atoms with Crippen molar-refractivity contribution in [2.45, 2.75) is 31.7 Å². The van der Waals surface area contributed by atoms with E-state index in [-0.39, 0.29) is 11.9 Å². The zero-order valence-corrected chi connectivity index (χ0v) is 12.3. The number of anilines is 1. The Bertz CT molecular complexity index is 393. The van der Waals surface area contributed by atoms with Gasteiger partial charge >= 0.3 is 0 Å². The van der Waals surface area contributed by atoms with Crippen LogP contribution in [-0.2, 0) is 4.79 Å². The van der Waals surface area contributed by atoms with Gasteiger partial charge in [-0.1, -0.05) is 26.0 Å². The molecule has 0 aliphatic heterocycles. The Morgan fingerprint density at radius 2 is 1.94 bits per heavy atom. The Labute approximate surface area is 114 Å². The van der Waals surface area contributed by atoms with Crippen LogP contribution in [-0.4, -0.2) is 24.7 Å². The fourth-order valence-corrected chi connectivity index (χ4v) is 2.01. The largest absolute Gasteiger partial charge is 0.375 e. The van der Waals surface area contributed by atoms with Crippen molar-refractivity contribution in [3.05, 3.63) is 24.3 Å². The molecule has 0 aromatic heterocycles. The van der Waals surface area contributed by atoms with Gasteiger partial charge in [-0.25, -0.2) is 0 Å². The van der Waals surface area contributed by atoms with E-state index in [0.29, 0.717) is 12.5 Å². The number of carbonyl (C=O) groups excluding carboxylic acids is 1. The van der Waals surface area contributed by atoms with Crippen LogP contribution in [0.2, 0.25) is 0 Å². The van der Waals surface area contributed by atoms with Crippen LogP contribution in [0, 0.1) is 5.92 Å². The summed E-state index contributed by atoms with van der Waals surface area (Å²) in [7, 11) is 0. The third kappa shape index (κ3) is 4.61. The average molecular weight is 266 g/mol. The van der Waals surface area contributed by atoms with Gasteiger partial charge in [0.1, 0.15) is 0 Å². The molecule has 0 heterocycles. The standard InChI is InChI=1S/C14H22N2OS/c1-10(2)11(3)16-14(17)9-15-12-7-5-6-8-13(12)18-4/h5-8,10-11,15H,9H2,1-4H3,(H,16,17). The third-order valence-corrected chi connectivity index (χ3v) is 3.73. The van der Waals surface area contributed by atoms with E-state index >= 15 is 0 Å². The number of para-hydroxylation sites is 1. The molecule has 0 aliphatic rings. The molecule has 0 aliphatic carbocycles. The summed E-state index contributed by atoms with van der Waals surface area (Å²) in [5.74, 6) is 0.486. The number of amides is 1. The fourth-order valence-electron chi connectivity index (χ4n) is 1.44. The summed E-state index contributed by atoms with van der Waals surface area (Å²) in [6, 6.07) is 8.21. The smallest absolute Gasteiger partial charge is 0.239 e. The quantitative estimate of drug-likeness (QED) is 0.778. The van der Waals surface area contributed by atoms with Crippen LogP contribution < -0.4 is 10.6 Å². The van der Waals surface area contributed by atoms with Crippen molar-refractivity contribution >= 4 is 23.4 Å². The fraction of sp³-hybridized carbons (Fsp3) is 0.500. The summed E-state index contributed by atoms with van der Waals surface area (Å²) < 4.78 is 0. The SMILES string of the molecule is CSc1ccccc1NCC(=O)NC(C)C(C)C. The summed E-state index contributed by atoms with van der Waals surface area (Å²) in [5, 5.41) is 6.15. The van der Waals surface area contributed by atoms with Gasteiger partial charge in [-0.2, -0.15) is 0 Å². The van der Waals surface area contributed by atoms with Crippen LogP contribution in [0.25, 0.3) is 0 Å². The molecule has 2 N–H and O–H groups in total. The zero-order chi connectivity index (χ0) is 13.5. The van der Waals surface area contributed by atoms with Gasteiger partial charge in [0.05, 0.1) is 6.54 Å². The molecule has 4 heteroatoms. The molecular formula is C14H22N2OS. The first-order chi connectivity index (χ1) is 8.54. The second-order valence-corrected chi connectivity index (χ2v) is 5.50. The first-order valence-corrected chi connectivity index (χ1v) is 7.43. The van der Waals surface area contributed by atoms with Crippen molar-refractivity contribution in [3.8, 4) is 0 Å². The molecule has 0 saturated heterocycles. The van der Waals surface area contributed by atoms with Gasteiger partial charge in [-0.3, -0.25) is 4.79 Å². The van der Waals surface area contributed by atoms with Crippen LogP contribution >= 0.6 is 11.8 Å². The maximum atomic E-state index is 11.8. The predicted octanol–water partition coefficient (Wildman–Crippen LogP) is 2.98. The Morgan fingerprint density at radius 1 is 1.28 bits per heavy atom. The number of thioether (sulfide) groups is 1. The molecule has 1 rings (SSSR count).